The highest BCUT2D eigenvalue weighted by atomic mass is 32.1. The molecule has 3 aromatic rings. The van der Waals surface area contributed by atoms with Gasteiger partial charge in [0.25, 0.3) is 0 Å². The van der Waals surface area contributed by atoms with Crippen molar-refractivity contribution >= 4 is 29.8 Å². The fourth-order valence-corrected chi connectivity index (χ4v) is 6.39. The minimum absolute atomic E-state index is 0.132. The number of hydrogen-bond donors (Lipinski definition) is 0. The van der Waals surface area contributed by atoms with Gasteiger partial charge >= 0.3 is 0 Å². The van der Waals surface area contributed by atoms with Gasteiger partial charge in [0.05, 0.1) is 18.9 Å². The molecule has 0 amide bonds. The summed E-state index contributed by atoms with van der Waals surface area (Å²) in [7, 11) is -1.07. The molecule has 0 bridgehead atoms. The van der Waals surface area contributed by atoms with E-state index in [1.165, 1.54) is 32.7 Å². The number of fused-ring (bicyclic) bond motifs is 1. The first kappa shape index (κ1) is 19.4. The third-order valence-electron chi connectivity index (χ3n) is 4.29. The lowest BCUT2D eigenvalue weighted by Gasteiger charge is -2.26. The van der Waals surface area contributed by atoms with Crippen LogP contribution in [0.1, 0.15) is 35.5 Å². The second-order valence-electron chi connectivity index (χ2n) is 6.05. The van der Waals surface area contributed by atoms with Gasteiger partial charge in [-0.25, -0.2) is 4.39 Å². The molecule has 0 aliphatic heterocycles. The molecule has 0 radical (unpaired) electrons. The molecule has 0 N–H and O–H groups in total. The second-order valence-corrected chi connectivity index (χ2v) is 8.85. The van der Waals surface area contributed by atoms with Gasteiger partial charge in [0, 0.05) is 9.58 Å². The predicted octanol–water partition coefficient (Wildman–Crippen LogP) is 7.02. The van der Waals surface area contributed by atoms with Gasteiger partial charge in [0.1, 0.15) is 5.82 Å². The SMILES string of the molecule is CCOP(OCC)C(Cc1ccc(F)cc1)c1sc2ccccc2c1C. The molecule has 0 fully saturated rings. The van der Waals surface area contributed by atoms with E-state index in [0.29, 0.717) is 13.2 Å². The summed E-state index contributed by atoms with van der Waals surface area (Å²) in [5, 5.41) is 1.29. The Labute approximate surface area is 159 Å². The van der Waals surface area contributed by atoms with Gasteiger partial charge in [-0.1, -0.05) is 30.3 Å². The lowest BCUT2D eigenvalue weighted by atomic mass is 10.1. The minimum Gasteiger partial charge on any atom is -0.334 e. The van der Waals surface area contributed by atoms with Gasteiger partial charge in [-0.2, -0.15) is 0 Å². The molecule has 0 saturated heterocycles. The van der Waals surface area contributed by atoms with E-state index >= 15 is 0 Å². The zero-order valence-electron chi connectivity index (χ0n) is 15.4. The van der Waals surface area contributed by atoms with E-state index in [-0.39, 0.29) is 11.5 Å². The van der Waals surface area contributed by atoms with E-state index in [1.54, 1.807) is 0 Å². The average molecular weight is 390 g/mol. The molecule has 3 rings (SSSR count). The molecule has 138 valence electrons. The Hall–Kier alpha value is -1.32. The Morgan fingerprint density at radius 1 is 1.00 bits per heavy atom. The Bertz CT molecular complexity index is 841. The Morgan fingerprint density at radius 3 is 2.27 bits per heavy atom. The maximum Gasteiger partial charge on any atom is 0.179 e. The molecule has 0 aliphatic rings. The molecule has 1 unspecified atom stereocenters. The van der Waals surface area contributed by atoms with Crippen molar-refractivity contribution in [2.75, 3.05) is 13.2 Å². The molecule has 0 aliphatic carbocycles. The zero-order chi connectivity index (χ0) is 18.5. The van der Waals surface area contributed by atoms with Crippen molar-refractivity contribution < 1.29 is 13.4 Å². The van der Waals surface area contributed by atoms with E-state index in [2.05, 4.69) is 31.2 Å². The van der Waals surface area contributed by atoms with Crippen molar-refractivity contribution in [3.63, 3.8) is 0 Å². The fourth-order valence-electron chi connectivity index (χ4n) is 3.09. The van der Waals surface area contributed by atoms with Gasteiger partial charge < -0.3 is 9.05 Å². The minimum atomic E-state index is -1.07. The van der Waals surface area contributed by atoms with Crippen molar-refractivity contribution in [3.05, 3.63) is 70.4 Å². The van der Waals surface area contributed by atoms with Crippen LogP contribution < -0.4 is 0 Å². The summed E-state index contributed by atoms with van der Waals surface area (Å²) in [6.07, 6.45) is 0.777. The number of benzene rings is 2. The van der Waals surface area contributed by atoms with Gasteiger partial charge in [0.2, 0.25) is 0 Å². The maximum absolute atomic E-state index is 13.3. The van der Waals surface area contributed by atoms with Gasteiger partial charge in [-0.05, 0) is 61.9 Å². The topological polar surface area (TPSA) is 18.5 Å². The number of rotatable bonds is 8. The van der Waals surface area contributed by atoms with Crippen LogP contribution in [0.4, 0.5) is 4.39 Å². The van der Waals surface area contributed by atoms with E-state index < -0.39 is 8.38 Å². The maximum atomic E-state index is 13.3. The van der Waals surface area contributed by atoms with Crippen LogP contribution in [-0.2, 0) is 15.5 Å². The Balaban J connectivity index is 2.02. The van der Waals surface area contributed by atoms with E-state index in [4.69, 9.17) is 9.05 Å². The monoisotopic (exact) mass is 390 g/mol. The van der Waals surface area contributed by atoms with Gasteiger partial charge in [0.15, 0.2) is 8.38 Å². The predicted molar refractivity (Wildman–Crippen MR) is 110 cm³/mol. The molecule has 2 nitrogen and oxygen atoms in total. The van der Waals surface area contributed by atoms with Crippen molar-refractivity contribution in [2.24, 2.45) is 0 Å². The van der Waals surface area contributed by atoms with Crippen molar-refractivity contribution in [2.45, 2.75) is 32.9 Å². The molecule has 2 aromatic carbocycles. The third-order valence-corrected chi connectivity index (χ3v) is 7.83. The first-order valence-corrected chi connectivity index (χ1v) is 11.0. The summed E-state index contributed by atoms with van der Waals surface area (Å²) in [6, 6.07) is 15.2. The van der Waals surface area contributed by atoms with Crippen LogP contribution in [-0.4, -0.2) is 13.2 Å². The van der Waals surface area contributed by atoms with Crippen LogP contribution in [0.5, 0.6) is 0 Å². The van der Waals surface area contributed by atoms with E-state index in [9.17, 15) is 4.39 Å². The van der Waals surface area contributed by atoms with Gasteiger partial charge in [-0.3, -0.25) is 0 Å². The van der Waals surface area contributed by atoms with E-state index in [0.717, 1.165) is 12.0 Å². The van der Waals surface area contributed by atoms with Crippen LogP contribution in [0.2, 0.25) is 0 Å². The van der Waals surface area contributed by atoms with Crippen molar-refractivity contribution in [1.82, 2.24) is 0 Å². The number of aryl methyl sites for hydroxylation is 1. The number of halogens is 1. The van der Waals surface area contributed by atoms with Crippen LogP contribution in [0, 0.1) is 12.7 Å². The normalized spacial score (nSPS) is 12.8. The Morgan fingerprint density at radius 2 is 1.65 bits per heavy atom. The molecule has 5 heteroatoms. The van der Waals surface area contributed by atoms with Crippen molar-refractivity contribution in [1.29, 1.82) is 0 Å². The smallest absolute Gasteiger partial charge is 0.179 e. The Kier molecular flexibility index (Phi) is 6.77. The van der Waals surface area contributed by atoms with Crippen LogP contribution in [0.25, 0.3) is 10.1 Å². The highest BCUT2D eigenvalue weighted by Gasteiger charge is 2.29. The van der Waals surface area contributed by atoms with E-state index in [1.807, 2.05) is 37.3 Å². The summed E-state index contributed by atoms with van der Waals surface area (Å²) in [5.41, 5.74) is 2.53. The molecular weight excluding hydrogens is 366 g/mol. The number of hydrogen-bond acceptors (Lipinski definition) is 3. The zero-order valence-corrected chi connectivity index (χ0v) is 17.1. The number of thiophene rings is 1. The molecule has 0 spiro atoms. The quantitative estimate of drug-likeness (QED) is 0.385. The van der Waals surface area contributed by atoms with Crippen LogP contribution in [0.3, 0.4) is 0 Å². The highest BCUT2D eigenvalue weighted by Crippen LogP contribution is 2.57. The molecule has 1 atom stereocenters. The highest BCUT2D eigenvalue weighted by molar-refractivity contribution is 7.48. The lowest BCUT2D eigenvalue weighted by molar-refractivity contribution is 0.262. The fraction of sp³-hybridized carbons (Fsp3) is 0.333. The average Bonchev–Trinajstić information content (AvgIpc) is 2.98. The summed E-state index contributed by atoms with van der Waals surface area (Å²) < 4.78 is 26.6. The summed E-state index contributed by atoms with van der Waals surface area (Å²) in [5.74, 6) is -0.208. The largest absolute Gasteiger partial charge is 0.334 e. The standard InChI is InChI=1S/C21H24FO2PS/c1-4-23-25(24-5-2)19(14-16-10-12-17(22)13-11-16)21-15(3)18-8-6-7-9-20(18)26-21/h6-13,19H,4-5,14H2,1-3H3. The molecule has 1 aromatic heterocycles. The molecular formula is C21H24FO2PS. The van der Waals surface area contributed by atoms with Crippen LogP contribution in [0.15, 0.2) is 48.5 Å². The summed E-state index contributed by atoms with van der Waals surface area (Å²) >= 11 is 1.82. The lowest BCUT2D eigenvalue weighted by Crippen LogP contribution is -2.06. The van der Waals surface area contributed by atoms with Crippen molar-refractivity contribution in [3.8, 4) is 0 Å². The van der Waals surface area contributed by atoms with Gasteiger partial charge in [-0.15, -0.1) is 11.3 Å². The summed E-state index contributed by atoms with van der Waals surface area (Å²) in [4.78, 5) is 1.31. The first-order chi connectivity index (χ1) is 12.6. The molecule has 26 heavy (non-hydrogen) atoms. The molecule has 1 heterocycles. The van der Waals surface area contributed by atoms with Crippen LogP contribution >= 0.6 is 19.7 Å². The second kappa shape index (κ2) is 9.05. The summed E-state index contributed by atoms with van der Waals surface area (Å²) in [6.45, 7) is 7.42. The first-order valence-electron chi connectivity index (χ1n) is 8.91. The molecule has 0 saturated carbocycles. The third kappa shape index (κ3) is 4.32.